The van der Waals surface area contributed by atoms with Crippen molar-refractivity contribution in [3.8, 4) is 5.75 Å². The third-order valence-corrected chi connectivity index (χ3v) is 2.81. The van der Waals surface area contributed by atoms with E-state index in [1.807, 2.05) is 31.2 Å². The van der Waals surface area contributed by atoms with Gasteiger partial charge in [-0.3, -0.25) is 4.79 Å². The van der Waals surface area contributed by atoms with Crippen molar-refractivity contribution in [1.82, 2.24) is 4.57 Å². The van der Waals surface area contributed by atoms with Gasteiger partial charge in [0.15, 0.2) is 0 Å². The molecule has 2 rings (SSSR count). The van der Waals surface area contributed by atoms with E-state index >= 15 is 0 Å². The Hall–Kier alpha value is -2.23. The summed E-state index contributed by atoms with van der Waals surface area (Å²) in [5.74, 6) is 0.763. The SMILES string of the molecule is Cc1c(N)cccc1OCCn1ccccc1=O. The summed E-state index contributed by atoms with van der Waals surface area (Å²) in [4.78, 5) is 11.5. The van der Waals surface area contributed by atoms with Crippen molar-refractivity contribution in [1.29, 1.82) is 0 Å². The van der Waals surface area contributed by atoms with E-state index in [1.165, 1.54) is 6.07 Å². The monoisotopic (exact) mass is 244 g/mol. The number of nitrogens with zero attached hydrogens (tertiary/aromatic N) is 1. The molecule has 1 heterocycles. The topological polar surface area (TPSA) is 57.2 Å². The van der Waals surface area contributed by atoms with Crippen molar-refractivity contribution in [2.24, 2.45) is 0 Å². The van der Waals surface area contributed by atoms with Gasteiger partial charge in [0.25, 0.3) is 5.56 Å². The zero-order valence-electron chi connectivity index (χ0n) is 10.3. The largest absolute Gasteiger partial charge is 0.491 e. The summed E-state index contributed by atoms with van der Waals surface area (Å²) in [6, 6.07) is 10.6. The van der Waals surface area contributed by atoms with Gasteiger partial charge in [0, 0.05) is 23.5 Å². The molecule has 0 bridgehead atoms. The van der Waals surface area contributed by atoms with E-state index < -0.39 is 0 Å². The Bertz CT molecular complexity index is 590. The highest BCUT2D eigenvalue weighted by Gasteiger charge is 2.02. The van der Waals surface area contributed by atoms with E-state index in [9.17, 15) is 4.79 Å². The Kier molecular flexibility index (Phi) is 3.67. The van der Waals surface area contributed by atoms with Gasteiger partial charge in [-0.15, -0.1) is 0 Å². The minimum absolute atomic E-state index is 0.0228. The maximum atomic E-state index is 11.5. The van der Waals surface area contributed by atoms with Gasteiger partial charge in [0.1, 0.15) is 12.4 Å². The second-order valence-corrected chi connectivity index (χ2v) is 4.05. The minimum atomic E-state index is -0.0228. The Balaban J connectivity index is 1.99. The van der Waals surface area contributed by atoms with Crippen molar-refractivity contribution in [3.63, 3.8) is 0 Å². The Labute approximate surface area is 106 Å². The third-order valence-electron chi connectivity index (χ3n) is 2.81. The van der Waals surface area contributed by atoms with E-state index in [0.29, 0.717) is 18.8 Å². The summed E-state index contributed by atoms with van der Waals surface area (Å²) in [5.41, 5.74) is 7.41. The second-order valence-electron chi connectivity index (χ2n) is 4.05. The van der Waals surface area contributed by atoms with Crippen LogP contribution in [-0.2, 0) is 6.54 Å². The molecule has 0 spiro atoms. The van der Waals surface area contributed by atoms with Crippen LogP contribution in [0.5, 0.6) is 5.75 Å². The van der Waals surface area contributed by atoms with E-state index in [2.05, 4.69) is 0 Å². The van der Waals surface area contributed by atoms with Gasteiger partial charge >= 0.3 is 0 Å². The van der Waals surface area contributed by atoms with E-state index in [-0.39, 0.29) is 5.56 Å². The highest BCUT2D eigenvalue weighted by atomic mass is 16.5. The van der Waals surface area contributed by atoms with Crippen LogP contribution in [0.4, 0.5) is 5.69 Å². The van der Waals surface area contributed by atoms with Crippen molar-refractivity contribution in [2.75, 3.05) is 12.3 Å². The molecule has 0 unspecified atom stereocenters. The molecule has 0 radical (unpaired) electrons. The van der Waals surface area contributed by atoms with Crippen molar-refractivity contribution < 1.29 is 4.74 Å². The predicted octanol–water partition coefficient (Wildman–Crippen LogP) is 1.82. The number of hydrogen-bond donors (Lipinski definition) is 1. The number of aromatic nitrogens is 1. The number of nitrogen functional groups attached to an aromatic ring is 1. The average molecular weight is 244 g/mol. The fourth-order valence-corrected chi connectivity index (χ4v) is 1.69. The lowest BCUT2D eigenvalue weighted by Crippen LogP contribution is -2.21. The molecule has 0 aliphatic heterocycles. The molecule has 0 aliphatic rings. The lowest BCUT2D eigenvalue weighted by molar-refractivity contribution is 0.294. The van der Waals surface area contributed by atoms with Crippen LogP contribution in [0.3, 0.4) is 0 Å². The number of pyridine rings is 1. The zero-order valence-corrected chi connectivity index (χ0v) is 10.3. The lowest BCUT2D eigenvalue weighted by atomic mass is 10.2. The van der Waals surface area contributed by atoms with E-state index in [0.717, 1.165) is 11.3 Å². The van der Waals surface area contributed by atoms with Gasteiger partial charge < -0.3 is 15.0 Å². The molecule has 0 amide bonds. The van der Waals surface area contributed by atoms with Crippen LogP contribution in [0.2, 0.25) is 0 Å². The van der Waals surface area contributed by atoms with Gasteiger partial charge in [-0.05, 0) is 25.1 Å². The third kappa shape index (κ3) is 2.71. The average Bonchev–Trinajstić information content (AvgIpc) is 2.37. The molecule has 0 aliphatic carbocycles. The number of anilines is 1. The smallest absolute Gasteiger partial charge is 0.250 e. The molecular formula is C14H16N2O2. The predicted molar refractivity (Wildman–Crippen MR) is 71.8 cm³/mol. The van der Waals surface area contributed by atoms with Crippen LogP contribution in [0, 0.1) is 6.92 Å². The minimum Gasteiger partial charge on any atom is -0.491 e. The second kappa shape index (κ2) is 5.40. The number of hydrogen-bond acceptors (Lipinski definition) is 3. The molecule has 0 saturated carbocycles. The standard InChI is InChI=1S/C14H16N2O2/c1-11-12(15)5-4-6-13(11)18-10-9-16-8-3-2-7-14(16)17/h2-8H,9-10,15H2,1H3. The number of rotatable bonds is 4. The fraction of sp³-hybridized carbons (Fsp3) is 0.214. The molecule has 1 aromatic carbocycles. The van der Waals surface area contributed by atoms with Crippen LogP contribution in [0.1, 0.15) is 5.56 Å². The van der Waals surface area contributed by atoms with Crippen molar-refractivity contribution >= 4 is 5.69 Å². The molecule has 1 aromatic heterocycles. The van der Waals surface area contributed by atoms with Crippen LogP contribution < -0.4 is 16.0 Å². The molecule has 0 fully saturated rings. The van der Waals surface area contributed by atoms with Crippen LogP contribution in [0.15, 0.2) is 47.4 Å². The van der Waals surface area contributed by atoms with Crippen molar-refractivity contribution in [3.05, 3.63) is 58.5 Å². The van der Waals surface area contributed by atoms with Gasteiger partial charge in [-0.25, -0.2) is 0 Å². The highest BCUT2D eigenvalue weighted by molar-refractivity contribution is 5.53. The normalized spacial score (nSPS) is 10.3. The van der Waals surface area contributed by atoms with Gasteiger partial charge in [-0.1, -0.05) is 12.1 Å². The molecular weight excluding hydrogens is 228 g/mol. The molecule has 18 heavy (non-hydrogen) atoms. The molecule has 2 N–H and O–H groups in total. The summed E-state index contributed by atoms with van der Waals surface area (Å²) in [6.07, 6.45) is 1.75. The fourth-order valence-electron chi connectivity index (χ4n) is 1.69. The molecule has 4 nitrogen and oxygen atoms in total. The first-order valence-corrected chi connectivity index (χ1v) is 5.82. The quantitative estimate of drug-likeness (QED) is 0.835. The first-order valence-electron chi connectivity index (χ1n) is 5.82. The summed E-state index contributed by atoms with van der Waals surface area (Å²) in [5, 5.41) is 0. The maximum absolute atomic E-state index is 11.5. The number of nitrogens with two attached hydrogens (primary N) is 1. The molecule has 4 heteroatoms. The summed E-state index contributed by atoms with van der Waals surface area (Å²) in [7, 11) is 0. The van der Waals surface area contributed by atoms with Gasteiger partial charge in [0.05, 0.1) is 6.54 Å². The summed E-state index contributed by atoms with van der Waals surface area (Å²) in [6.45, 7) is 2.88. The Morgan fingerprint density at radius 2 is 2.06 bits per heavy atom. The van der Waals surface area contributed by atoms with E-state index in [1.54, 1.807) is 16.8 Å². The van der Waals surface area contributed by atoms with Gasteiger partial charge in [0.2, 0.25) is 0 Å². The van der Waals surface area contributed by atoms with Crippen molar-refractivity contribution in [2.45, 2.75) is 13.5 Å². The summed E-state index contributed by atoms with van der Waals surface area (Å²) >= 11 is 0. The van der Waals surface area contributed by atoms with Crippen LogP contribution >= 0.6 is 0 Å². The summed E-state index contributed by atoms with van der Waals surface area (Å²) < 4.78 is 7.25. The number of ether oxygens (including phenoxy) is 1. The maximum Gasteiger partial charge on any atom is 0.250 e. The Morgan fingerprint density at radius 3 is 2.83 bits per heavy atom. The number of benzene rings is 1. The Morgan fingerprint density at radius 1 is 1.22 bits per heavy atom. The molecule has 2 aromatic rings. The molecule has 0 saturated heterocycles. The van der Waals surface area contributed by atoms with E-state index in [4.69, 9.17) is 10.5 Å². The highest BCUT2D eigenvalue weighted by Crippen LogP contribution is 2.22. The lowest BCUT2D eigenvalue weighted by Gasteiger charge is -2.11. The zero-order chi connectivity index (χ0) is 13.0. The van der Waals surface area contributed by atoms with Crippen LogP contribution in [0.25, 0.3) is 0 Å². The van der Waals surface area contributed by atoms with Crippen LogP contribution in [-0.4, -0.2) is 11.2 Å². The molecule has 0 atom stereocenters. The van der Waals surface area contributed by atoms with Gasteiger partial charge in [-0.2, -0.15) is 0 Å². The first kappa shape index (κ1) is 12.2. The first-order chi connectivity index (χ1) is 8.68. The molecule has 94 valence electrons.